The summed E-state index contributed by atoms with van der Waals surface area (Å²) in [6, 6.07) is 7.57. The molecule has 2 aromatic rings. The monoisotopic (exact) mass is 354 g/mol. The Morgan fingerprint density at radius 2 is 2.00 bits per heavy atom. The molecule has 1 heterocycles. The molecule has 0 atom stereocenters. The van der Waals surface area contributed by atoms with E-state index in [-0.39, 0.29) is 11.3 Å². The van der Waals surface area contributed by atoms with E-state index in [1.54, 1.807) is 18.2 Å². The van der Waals surface area contributed by atoms with Crippen LogP contribution in [0.3, 0.4) is 0 Å². The number of hydrogen-bond donors (Lipinski definition) is 2. The number of nitrogens with one attached hydrogen (secondary N) is 1. The van der Waals surface area contributed by atoms with Crippen LogP contribution >= 0.6 is 27.5 Å². The Morgan fingerprint density at radius 1 is 1.25 bits per heavy atom. The first-order chi connectivity index (χ1) is 9.47. The number of pyridine rings is 1. The smallest absolute Gasteiger partial charge is 0.354 e. The molecule has 0 fully saturated rings. The van der Waals surface area contributed by atoms with Crippen molar-refractivity contribution in [1.82, 2.24) is 4.98 Å². The lowest BCUT2D eigenvalue weighted by Crippen LogP contribution is -2.13. The van der Waals surface area contributed by atoms with E-state index in [2.05, 4.69) is 26.2 Å². The van der Waals surface area contributed by atoms with Crippen molar-refractivity contribution in [2.45, 2.75) is 0 Å². The highest BCUT2D eigenvalue weighted by molar-refractivity contribution is 9.10. The fourth-order valence-corrected chi connectivity index (χ4v) is 2.26. The van der Waals surface area contributed by atoms with E-state index in [4.69, 9.17) is 16.7 Å². The first kappa shape index (κ1) is 14.5. The van der Waals surface area contributed by atoms with Gasteiger partial charge in [-0.3, -0.25) is 4.79 Å². The maximum absolute atomic E-state index is 12.0. The second kappa shape index (κ2) is 6.02. The molecule has 1 amide bonds. The number of carboxylic acid groups (broad SMARTS) is 1. The summed E-state index contributed by atoms with van der Waals surface area (Å²) in [7, 11) is 0. The zero-order valence-corrected chi connectivity index (χ0v) is 12.3. The second-order valence-electron chi connectivity index (χ2n) is 3.81. The van der Waals surface area contributed by atoms with Crippen LogP contribution in [-0.4, -0.2) is 22.0 Å². The van der Waals surface area contributed by atoms with Gasteiger partial charge in [0.1, 0.15) is 5.69 Å². The van der Waals surface area contributed by atoms with Gasteiger partial charge in [0, 0.05) is 21.3 Å². The van der Waals surface area contributed by atoms with E-state index in [9.17, 15) is 9.59 Å². The molecule has 5 nitrogen and oxygen atoms in total. The number of carbonyl (C=O) groups is 2. The molecule has 0 saturated carbocycles. The Hall–Kier alpha value is -1.92. The molecule has 102 valence electrons. The van der Waals surface area contributed by atoms with E-state index in [1.807, 2.05) is 0 Å². The second-order valence-corrected chi connectivity index (χ2v) is 5.10. The average molecular weight is 356 g/mol. The maximum atomic E-state index is 12.0. The van der Waals surface area contributed by atoms with Crippen molar-refractivity contribution in [3.63, 3.8) is 0 Å². The van der Waals surface area contributed by atoms with Gasteiger partial charge in [0.15, 0.2) is 0 Å². The third-order valence-electron chi connectivity index (χ3n) is 2.42. The Kier molecular flexibility index (Phi) is 4.36. The lowest BCUT2D eigenvalue weighted by molar-refractivity contribution is 0.0690. The zero-order valence-electron chi connectivity index (χ0n) is 9.93. The zero-order chi connectivity index (χ0) is 14.7. The Balaban J connectivity index is 2.24. The number of aromatic nitrogens is 1. The summed E-state index contributed by atoms with van der Waals surface area (Å²) in [6.45, 7) is 0. The molecule has 0 aliphatic rings. The first-order valence-corrected chi connectivity index (χ1v) is 6.60. The highest BCUT2D eigenvalue weighted by Gasteiger charge is 2.12. The van der Waals surface area contributed by atoms with Gasteiger partial charge in [-0.1, -0.05) is 11.6 Å². The molecule has 0 radical (unpaired) electrons. The fraction of sp³-hybridized carbons (Fsp3) is 0. The van der Waals surface area contributed by atoms with Crippen molar-refractivity contribution in [2.75, 3.05) is 5.32 Å². The summed E-state index contributed by atoms with van der Waals surface area (Å²) >= 11 is 9.09. The molecule has 2 N–H and O–H groups in total. The van der Waals surface area contributed by atoms with Crippen molar-refractivity contribution >= 4 is 45.1 Å². The average Bonchev–Trinajstić information content (AvgIpc) is 2.42. The maximum Gasteiger partial charge on any atom is 0.354 e. The molecule has 0 aliphatic heterocycles. The van der Waals surface area contributed by atoms with Gasteiger partial charge < -0.3 is 10.4 Å². The predicted octanol–water partition coefficient (Wildman–Crippen LogP) is 3.45. The molecule has 1 aromatic heterocycles. The number of nitrogens with zero attached hydrogens (tertiary/aromatic N) is 1. The number of carboxylic acids is 1. The third-order valence-corrected chi connectivity index (χ3v) is 3.31. The lowest BCUT2D eigenvalue weighted by atomic mass is 10.2. The summed E-state index contributed by atoms with van der Waals surface area (Å²) < 4.78 is 0.630. The van der Waals surface area contributed by atoms with Crippen LogP contribution in [0.5, 0.6) is 0 Å². The summed E-state index contributed by atoms with van der Waals surface area (Å²) in [5, 5.41) is 12.0. The van der Waals surface area contributed by atoms with Crippen molar-refractivity contribution in [3.05, 3.63) is 57.3 Å². The summed E-state index contributed by atoms with van der Waals surface area (Å²) in [5.41, 5.74) is 0.556. The molecule has 0 unspecified atom stereocenters. The van der Waals surface area contributed by atoms with E-state index in [0.717, 1.165) is 0 Å². The number of amides is 1. The number of rotatable bonds is 3. The highest BCUT2D eigenvalue weighted by atomic mass is 79.9. The Morgan fingerprint density at radius 3 is 2.65 bits per heavy atom. The summed E-state index contributed by atoms with van der Waals surface area (Å²) in [5.74, 6) is -1.62. The molecule has 7 heteroatoms. The summed E-state index contributed by atoms with van der Waals surface area (Å²) in [4.78, 5) is 26.5. The van der Waals surface area contributed by atoms with E-state index in [0.29, 0.717) is 15.2 Å². The van der Waals surface area contributed by atoms with Crippen molar-refractivity contribution in [1.29, 1.82) is 0 Å². The normalized spacial score (nSPS) is 10.1. The molecular formula is C13H8BrClN2O3. The van der Waals surface area contributed by atoms with Crippen LogP contribution in [0.15, 0.2) is 41.0 Å². The van der Waals surface area contributed by atoms with Crippen molar-refractivity contribution in [3.8, 4) is 0 Å². The molecule has 0 saturated heterocycles. The van der Waals surface area contributed by atoms with E-state index >= 15 is 0 Å². The molecule has 1 aromatic carbocycles. The number of benzene rings is 1. The van der Waals surface area contributed by atoms with Crippen molar-refractivity contribution < 1.29 is 14.7 Å². The van der Waals surface area contributed by atoms with Crippen LogP contribution in [0, 0.1) is 0 Å². The molecule has 2 rings (SSSR count). The molecule has 0 spiro atoms. The number of halogens is 2. The predicted molar refractivity (Wildman–Crippen MR) is 78.3 cm³/mol. The van der Waals surface area contributed by atoms with Gasteiger partial charge in [-0.05, 0) is 46.3 Å². The first-order valence-electron chi connectivity index (χ1n) is 5.43. The topological polar surface area (TPSA) is 79.3 Å². The fourth-order valence-electron chi connectivity index (χ4n) is 1.47. The van der Waals surface area contributed by atoms with Crippen LogP contribution < -0.4 is 5.32 Å². The highest BCUT2D eigenvalue weighted by Crippen LogP contribution is 2.26. The van der Waals surface area contributed by atoms with Gasteiger partial charge >= 0.3 is 5.97 Å². The van der Waals surface area contributed by atoms with Gasteiger partial charge in [0.2, 0.25) is 0 Å². The Labute approximate surface area is 127 Å². The Bertz CT molecular complexity index is 691. The minimum Gasteiger partial charge on any atom is -0.477 e. The summed E-state index contributed by atoms with van der Waals surface area (Å²) in [6.07, 6.45) is 1.27. The number of aromatic carboxylic acids is 1. The van der Waals surface area contributed by atoms with Crippen LogP contribution in [0.4, 0.5) is 5.69 Å². The number of hydrogen-bond acceptors (Lipinski definition) is 3. The van der Waals surface area contributed by atoms with Crippen molar-refractivity contribution in [2.24, 2.45) is 0 Å². The molecule has 0 bridgehead atoms. The molecular weight excluding hydrogens is 348 g/mol. The van der Waals surface area contributed by atoms with Gasteiger partial charge in [-0.2, -0.15) is 0 Å². The SMILES string of the molecule is O=C(Nc1ccc(Cl)cc1Br)c1ccnc(C(=O)O)c1. The van der Waals surface area contributed by atoms with Gasteiger partial charge in [0.25, 0.3) is 5.91 Å². The third kappa shape index (κ3) is 3.34. The van der Waals surface area contributed by atoms with E-state index < -0.39 is 11.9 Å². The number of carbonyl (C=O) groups excluding carboxylic acids is 1. The van der Waals surface area contributed by atoms with E-state index in [1.165, 1.54) is 18.3 Å². The van der Waals surface area contributed by atoms with Crippen LogP contribution in [0.1, 0.15) is 20.8 Å². The molecule has 0 aliphatic carbocycles. The molecule has 20 heavy (non-hydrogen) atoms. The van der Waals surface area contributed by atoms with Crippen LogP contribution in [0.25, 0.3) is 0 Å². The van der Waals surface area contributed by atoms with Gasteiger partial charge in [-0.25, -0.2) is 9.78 Å². The standard InChI is InChI=1S/C13H8BrClN2O3/c14-9-6-8(15)1-2-10(9)17-12(18)7-3-4-16-11(5-7)13(19)20/h1-6H,(H,17,18)(H,19,20). The number of anilines is 1. The van der Waals surface area contributed by atoms with Gasteiger partial charge in [-0.15, -0.1) is 0 Å². The largest absolute Gasteiger partial charge is 0.477 e. The lowest BCUT2D eigenvalue weighted by Gasteiger charge is -2.08. The van der Waals surface area contributed by atoms with Crippen LogP contribution in [-0.2, 0) is 0 Å². The van der Waals surface area contributed by atoms with Gasteiger partial charge in [0.05, 0.1) is 5.69 Å². The quantitative estimate of drug-likeness (QED) is 0.884. The minimum atomic E-state index is -1.19. The minimum absolute atomic E-state index is 0.187. The van der Waals surface area contributed by atoms with Crippen LogP contribution in [0.2, 0.25) is 5.02 Å².